The van der Waals surface area contributed by atoms with E-state index < -0.39 is 0 Å². The largest absolute Gasteiger partial charge is 0.311 e. The molecule has 3 nitrogen and oxygen atoms in total. The number of rotatable bonds is 5. The summed E-state index contributed by atoms with van der Waals surface area (Å²) in [6, 6.07) is 5.96. The highest BCUT2D eigenvalue weighted by Crippen LogP contribution is 2.22. The van der Waals surface area contributed by atoms with E-state index >= 15 is 0 Å². The monoisotopic (exact) mass is 327 g/mol. The number of aryl methyl sites for hydroxylation is 1. The van der Waals surface area contributed by atoms with E-state index in [9.17, 15) is 0 Å². The highest BCUT2D eigenvalue weighted by molar-refractivity contribution is 9.10. The van der Waals surface area contributed by atoms with Crippen LogP contribution >= 0.6 is 27.5 Å². The Hall–Kier alpha value is -0.840. The number of hydrogen-bond donors (Lipinski definition) is 1. The molecule has 1 aromatic carbocycles. The standard InChI is InChI=1S/C13H15BrClN3/c1-10-7-17-18(9-10)5-4-16-8-11-2-3-13(15)12(14)6-11/h2-3,6-7,9,16H,4-5,8H2,1H3. The molecule has 2 rings (SSSR count). The second kappa shape index (κ2) is 6.36. The zero-order valence-electron chi connectivity index (χ0n) is 10.2. The summed E-state index contributed by atoms with van der Waals surface area (Å²) in [7, 11) is 0. The van der Waals surface area contributed by atoms with Crippen molar-refractivity contribution >= 4 is 27.5 Å². The average molecular weight is 329 g/mol. The van der Waals surface area contributed by atoms with E-state index in [0.717, 1.165) is 29.1 Å². The SMILES string of the molecule is Cc1cnn(CCNCc2ccc(Cl)c(Br)c2)c1. The van der Waals surface area contributed by atoms with Crippen LogP contribution in [0.4, 0.5) is 0 Å². The number of nitrogens with one attached hydrogen (secondary N) is 1. The number of halogens is 2. The highest BCUT2D eigenvalue weighted by Gasteiger charge is 1.99. The van der Waals surface area contributed by atoms with E-state index in [2.05, 4.69) is 26.3 Å². The van der Waals surface area contributed by atoms with Crippen molar-refractivity contribution in [2.24, 2.45) is 0 Å². The fraction of sp³-hybridized carbons (Fsp3) is 0.308. The van der Waals surface area contributed by atoms with Crippen LogP contribution < -0.4 is 5.32 Å². The van der Waals surface area contributed by atoms with Crippen molar-refractivity contribution in [1.29, 1.82) is 0 Å². The Balaban J connectivity index is 1.76. The molecule has 0 unspecified atom stereocenters. The van der Waals surface area contributed by atoms with Crippen molar-refractivity contribution in [3.05, 3.63) is 51.2 Å². The molecule has 1 heterocycles. The summed E-state index contributed by atoms with van der Waals surface area (Å²) in [5, 5.41) is 8.36. The number of aromatic nitrogens is 2. The lowest BCUT2D eigenvalue weighted by atomic mass is 10.2. The van der Waals surface area contributed by atoms with Crippen molar-refractivity contribution < 1.29 is 0 Å². The first kappa shape index (κ1) is 13.6. The van der Waals surface area contributed by atoms with Gasteiger partial charge >= 0.3 is 0 Å². The van der Waals surface area contributed by atoms with Gasteiger partial charge in [0, 0.05) is 23.8 Å². The van der Waals surface area contributed by atoms with Crippen molar-refractivity contribution in [3.8, 4) is 0 Å². The Kier molecular flexibility index (Phi) is 4.80. The molecule has 1 aromatic heterocycles. The quantitative estimate of drug-likeness (QED) is 0.853. The molecule has 18 heavy (non-hydrogen) atoms. The van der Waals surface area contributed by atoms with E-state index in [1.54, 1.807) is 0 Å². The Morgan fingerprint density at radius 1 is 1.44 bits per heavy atom. The first-order chi connectivity index (χ1) is 8.65. The van der Waals surface area contributed by atoms with Gasteiger partial charge in [0.15, 0.2) is 0 Å². The summed E-state index contributed by atoms with van der Waals surface area (Å²) in [6.45, 7) is 4.64. The fourth-order valence-corrected chi connectivity index (χ4v) is 2.21. The average Bonchev–Trinajstić information content (AvgIpc) is 2.75. The van der Waals surface area contributed by atoms with Crippen LogP contribution in [0.25, 0.3) is 0 Å². The fourth-order valence-electron chi connectivity index (χ4n) is 1.67. The molecule has 0 aliphatic heterocycles. The Labute approximate surface area is 120 Å². The molecule has 2 aromatic rings. The molecular weight excluding hydrogens is 314 g/mol. The van der Waals surface area contributed by atoms with Gasteiger partial charge in [-0.25, -0.2) is 0 Å². The van der Waals surface area contributed by atoms with E-state index in [4.69, 9.17) is 11.6 Å². The number of nitrogens with zero attached hydrogens (tertiary/aromatic N) is 2. The summed E-state index contributed by atoms with van der Waals surface area (Å²) in [6.07, 6.45) is 3.91. The molecule has 1 N–H and O–H groups in total. The van der Waals surface area contributed by atoms with Crippen LogP contribution in [0, 0.1) is 6.92 Å². The predicted octanol–water partition coefficient (Wildman–Crippen LogP) is 3.40. The number of benzene rings is 1. The maximum absolute atomic E-state index is 5.95. The molecule has 0 aliphatic carbocycles. The molecule has 0 amide bonds. The lowest BCUT2D eigenvalue weighted by molar-refractivity contribution is 0.554. The van der Waals surface area contributed by atoms with Gasteiger partial charge in [0.05, 0.1) is 17.8 Å². The van der Waals surface area contributed by atoms with Crippen molar-refractivity contribution in [1.82, 2.24) is 15.1 Å². The van der Waals surface area contributed by atoms with Crippen molar-refractivity contribution in [2.45, 2.75) is 20.0 Å². The zero-order valence-corrected chi connectivity index (χ0v) is 12.5. The molecule has 0 radical (unpaired) electrons. The normalized spacial score (nSPS) is 10.8. The van der Waals surface area contributed by atoms with Gasteiger partial charge in [-0.3, -0.25) is 4.68 Å². The Morgan fingerprint density at radius 3 is 2.94 bits per heavy atom. The Morgan fingerprint density at radius 2 is 2.28 bits per heavy atom. The molecule has 0 spiro atoms. The minimum atomic E-state index is 0.741. The van der Waals surface area contributed by atoms with Crippen LogP contribution in [0.15, 0.2) is 35.1 Å². The van der Waals surface area contributed by atoms with Gasteiger partial charge in [-0.15, -0.1) is 0 Å². The molecule has 0 bridgehead atoms. The molecule has 0 fully saturated rings. The van der Waals surface area contributed by atoms with Gasteiger partial charge in [-0.05, 0) is 46.1 Å². The van der Waals surface area contributed by atoms with Crippen LogP contribution in [0.5, 0.6) is 0 Å². The van der Waals surface area contributed by atoms with Gasteiger partial charge in [-0.1, -0.05) is 17.7 Å². The second-order valence-electron chi connectivity index (χ2n) is 4.21. The van der Waals surface area contributed by atoms with E-state index in [-0.39, 0.29) is 0 Å². The molecule has 5 heteroatoms. The summed E-state index contributed by atoms with van der Waals surface area (Å²) in [5.74, 6) is 0. The maximum atomic E-state index is 5.95. The van der Waals surface area contributed by atoms with Crippen molar-refractivity contribution in [2.75, 3.05) is 6.54 Å². The summed E-state index contributed by atoms with van der Waals surface area (Å²) < 4.78 is 2.88. The van der Waals surface area contributed by atoms with E-state index in [1.807, 2.05) is 42.2 Å². The topological polar surface area (TPSA) is 29.9 Å². The van der Waals surface area contributed by atoms with Gasteiger partial charge < -0.3 is 5.32 Å². The first-order valence-corrected chi connectivity index (χ1v) is 6.96. The van der Waals surface area contributed by atoms with Gasteiger partial charge in [-0.2, -0.15) is 5.10 Å². The minimum Gasteiger partial charge on any atom is -0.311 e. The molecule has 0 atom stereocenters. The first-order valence-electron chi connectivity index (χ1n) is 5.79. The maximum Gasteiger partial charge on any atom is 0.0548 e. The number of hydrogen-bond acceptors (Lipinski definition) is 2. The smallest absolute Gasteiger partial charge is 0.0548 e. The van der Waals surface area contributed by atoms with Gasteiger partial charge in [0.25, 0.3) is 0 Å². The van der Waals surface area contributed by atoms with Gasteiger partial charge in [0.2, 0.25) is 0 Å². The molecular formula is C13H15BrClN3. The van der Waals surface area contributed by atoms with Crippen LogP contribution in [0.3, 0.4) is 0 Å². The van der Waals surface area contributed by atoms with E-state index in [0.29, 0.717) is 0 Å². The van der Waals surface area contributed by atoms with Gasteiger partial charge in [0.1, 0.15) is 0 Å². The summed E-state index contributed by atoms with van der Waals surface area (Å²) in [4.78, 5) is 0. The van der Waals surface area contributed by atoms with Crippen molar-refractivity contribution in [3.63, 3.8) is 0 Å². The Bertz CT molecular complexity index is 525. The summed E-state index contributed by atoms with van der Waals surface area (Å²) >= 11 is 9.37. The summed E-state index contributed by atoms with van der Waals surface area (Å²) in [5.41, 5.74) is 2.40. The lowest BCUT2D eigenvalue weighted by Crippen LogP contribution is -2.19. The second-order valence-corrected chi connectivity index (χ2v) is 5.47. The molecule has 0 aliphatic rings. The third kappa shape index (κ3) is 3.83. The van der Waals surface area contributed by atoms with Crippen LogP contribution in [0.2, 0.25) is 5.02 Å². The zero-order chi connectivity index (χ0) is 13.0. The predicted molar refractivity (Wildman–Crippen MR) is 77.8 cm³/mol. The van der Waals surface area contributed by atoms with Crippen LogP contribution in [0.1, 0.15) is 11.1 Å². The third-order valence-corrected chi connectivity index (χ3v) is 3.81. The molecule has 0 saturated carbocycles. The minimum absolute atomic E-state index is 0.741. The molecule has 96 valence electrons. The molecule has 0 saturated heterocycles. The van der Waals surface area contributed by atoms with Crippen LogP contribution in [-0.4, -0.2) is 16.3 Å². The van der Waals surface area contributed by atoms with Crippen LogP contribution in [-0.2, 0) is 13.1 Å². The van der Waals surface area contributed by atoms with E-state index in [1.165, 1.54) is 11.1 Å². The highest BCUT2D eigenvalue weighted by atomic mass is 79.9. The lowest BCUT2D eigenvalue weighted by Gasteiger charge is -2.06. The third-order valence-electron chi connectivity index (χ3n) is 2.59.